The van der Waals surface area contributed by atoms with E-state index in [1.54, 1.807) is 25.1 Å². The number of anilines is 1. The maximum atomic E-state index is 13.6. The number of aryl methyl sites for hydroxylation is 1. The standard InChI is InChI=1S/C36H43ClN2O6S/c1-22-29(24-8-9-24)6-3-7-33(45-23(2)40)30-13-10-27(30)19-39-20-36(16-4-5-25-17-28(37)12-14-31(25)36)21-44-34-15-11-26(18-32(34)39)35(41)38-46(22,42)43/h3,7,11-12,14-15,17-18,22,24,27,29-30,33H,4-6,8-10,13,16,19-21H2,1-2H3,(H,38,41)/b7-3-/t22-,27-,29-,30+,33-,36-/m0/s1. The van der Waals surface area contributed by atoms with Gasteiger partial charge in [0.15, 0.2) is 0 Å². The highest BCUT2D eigenvalue weighted by Crippen LogP contribution is 2.47. The average Bonchev–Trinajstić information content (AvgIpc) is 3.84. The molecule has 0 saturated heterocycles. The highest BCUT2D eigenvalue weighted by atomic mass is 35.5. The van der Waals surface area contributed by atoms with Gasteiger partial charge in [0.2, 0.25) is 10.0 Å². The fourth-order valence-corrected chi connectivity index (χ4v) is 9.98. The van der Waals surface area contributed by atoms with Crippen molar-refractivity contribution in [2.75, 3.05) is 24.6 Å². The number of nitrogens with zero attached hydrogens (tertiary/aromatic N) is 1. The van der Waals surface area contributed by atoms with E-state index in [1.165, 1.54) is 18.1 Å². The molecule has 2 bridgehead atoms. The maximum absolute atomic E-state index is 13.6. The molecule has 0 unspecified atom stereocenters. The number of hydrogen-bond acceptors (Lipinski definition) is 7. The van der Waals surface area contributed by atoms with Gasteiger partial charge in [-0.25, -0.2) is 13.1 Å². The summed E-state index contributed by atoms with van der Waals surface area (Å²) in [6.07, 6.45) is 11.0. The Balaban J connectivity index is 1.30. The van der Waals surface area contributed by atoms with Crippen LogP contribution in [0.1, 0.15) is 80.3 Å². The molecule has 246 valence electrons. The minimum Gasteiger partial charge on any atom is -0.490 e. The number of nitrogens with one attached hydrogen (secondary N) is 1. The van der Waals surface area contributed by atoms with Crippen LogP contribution in [-0.4, -0.2) is 51.3 Å². The lowest BCUT2D eigenvalue weighted by molar-refractivity contribution is -0.149. The first-order valence-electron chi connectivity index (χ1n) is 16.7. The molecular weight excluding hydrogens is 624 g/mol. The van der Waals surface area contributed by atoms with Crippen molar-refractivity contribution in [2.24, 2.45) is 23.7 Å². The summed E-state index contributed by atoms with van der Waals surface area (Å²) in [5.41, 5.74) is 3.27. The SMILES string of the molecule is CC(=O)O[C@H]1/C=C\C[C@H](C2CC2)[C@H](C)S(=O)(=O)NC(=O)c2ccc3c(c2)N(C[C@@H]2CC[C@H]21)C[C@@]1(CCCc2cc(Cl)ccc21)CO3. The number of esters is 1. The quantitative estimate of drug-likeness (QED) is 0.301. The van der Waals surface area contributed by atoms with E-state index in [0.717, 1.165) is 55.7 Å². The fourth-order valence-electron chi connectivity index (χ4n) is 8.43. The molecule has 5 aliphatic rings. The number of benzene rings is 2. The van der Waals surface area contributed by atoms with Gasteiger partial charge in [0.05, 0.1) is 17.5 Å². The largest absolute Gasteiger partial charge is 0.490 e. The third kappa shape index (κ3) is 6.05. The van der Waals surface area contributed by atoms with Crippen LogP contribution in [0, 0.1) is 23.7 Å². The van der Waals surface area contributed by atoms with Crippen molar-refractivity contribution < 1.29 is 27.5 Å². The van der Waals surface area contributed by atoms with Gasteiger partial charge in [-0.2, -0.15) is 0 Å². The molecule has 10 heteroatoms. The van der Waals surface area contributed by atoms with Gasteiger partial charge < -0.3 is 14.4 Å². The van der Waals surface area contributed by atoms with Crippen LogP contribution in [0.2, 0.25) is 5.02 Å². The normalized spacial score (nSPS) is 32.9. The second kappa shape index (κ2) is 12.2. The van der Waals surface area contributed by atoms with Gasteiger partial charge in [0.25, 0.3) is 5.91 Å². The van der Waals surface area contributed by atoms with Crippen molar-refractivity contribution >= 4 is 39.2 Å². The van der Waals surface area contributed by atoms with Gasteiger partial charge in [-0.3, -0.25) is 9.59 Å². The summed E-state index contributed by atoms with van der Waals surface area (Å²) in [6.45, 7) is 5.00. The van der Waals surface area contributed by atoms with Crippen molar-refractivity contribution in [3.8, 4) is 5.75 Å². The van der Waals surface area contributed by atoms with Crippen molar-refractivity contribution in [3.63, 3.8) is 0 Å². The molecule has 0 aromatic heterocycles. The number of allylic oxidation sites excluding steroid dienone is 1. The Hall–Kier alpha value is -3.04. The number of halogens is 1. The van der Waals surface area contributed by atoms with Gasteiger partial charge in [0, 0.05) is 41.9 Å². The molecular formula is C36H43ClN2O6S. The highest BCUT2D eigenvalue weighted by Gasteiger charge is 2.45. The van der Waals surface area contributed by atoms with E-state index in [9.17, 15) is 18.0 Å². The van der Waals surface area contributed by atoms with E-state index in [2.05, 4.69) is 21.8 Å². The predicted octanol–water partition coefficient (Wildman–Crippen LogP) is 6.21. The summed E-state index contributed by atoms with van der Waals surface area (Å²) in [7, 11) is -3.96. The Labute approximate surface area is 276 Å². The average molecular weight is 667 g/mol. The van der Waals surface area contributed by atoms with Crippen molar-refractivity contribution in [1.82, 2.24) is 4.72 Å². The molecule has 8 nitrogen and oxygen atoms in total. The third-order valence-electron chi connectivity index (χ3n) is 11.2. The number of carbonyl (C=O) groups excluding carboxylic acids is 2. The van der Waals surface area contributed by atoms with E-state index < -0.39 is 21.2 Å². The van der Waals surface area contributed by atoms with E-state index in [4.69, 9.17) is 21.1 Å². The Morgan fingerprint density at radius 1 is 1.09 bits per heavy atom. The van der Waals surface area contributed by atoms with Gasteiger partial charge in [-0.05, 0) is 124 Å². The zero-order valence-corrected chi connectivity index (χ0v) is 28.1. The summed E-state index contributed by atoms with van der Waals surface area (Å²) < 4.78 is 42.1. The lowest BCUT2D eigenvalue weighted by Gasteiger charge is -2.46. The summed E-state index contributed by atoms with van der Waals surface area (Å²) in [5, 5.41) is -0.0329. The molecule has 2 aliphatic heterocycles. The second-order valence-corrected chi connectivity index (χ2v) is 16.7. The monoisotopic (exact) mass is 666 g/mol. The van der Waals surface area contributed by atoms with Crippen LogP contribution in [0.4, 0.5) is 5.69 Å². The summed E-state index contributed by atoms with van der Waals surface area (Å²) in [5.74, 6) is 0.287. The first-order chi connectivity index (χ1) is 22.0. The van der Waals surface area contributed by atoms with Crippen LogP contribution in [0.15, 0.2) is 48.6 Å². The molecule has 0 radical (unpaired) electrons. The molecule has 2 aromatic rings. The van der Waals surface area contributed by atoms with E-state index in [1.807, 2.05) is 18.2 Å². The molecule has 2 fully saturated rings. The molecule has 2 aromatic carbocycles. The Morgan fingerprint density at radius 2 is 1.89 bits per heavy atom. The summed E-state index contributed by atoms with van der Waals surface area (Å²) >= 11 is 6.42. The topological polar surface area (TPSA) is 102 Å². The Kier molecular flexibility index (Phi) is 8.37. The number of carbonyl (C=O) groups is 2. The molecule has 2 saturated carbocycles. The molecule has 1 N–H and O–H groups in total. The van der Waals surface area contributed by atoms with Crippen LogP contribution in [-0.2, 0) is 31.4 Å². The Morgan fingerprint density at radius 3 is 2.63 bits per heavy atom. The minimum absolute atomic E-state index is 0.134. The molecule has 3 aliphatic carbocycles. The number of rotatable bonds is 2. The second-order valence-electron chi connectivity index (χ2n) is 14.2. The summed E-state index contributed by atoms with van der Waals surface area (Å²) in [6, 6.07) is 11.4. The highest BCUT2D eigenvalue weighted by molar-refractivity contribution is 7.90. The summed E-state index contributed by atoms with van der Waals surface area (Å²) in [4.78, 5) is 28.2. The van der Waals surface area contributed by atoms with Gasteiger partial charge in [0.1, 0.15) is 11.9 Å². The third-order valence-corrected chi connectivity index (χ3v) is 13.3. The lowest BCUT2D eigenvalue weighted by atomic mass is 9.68. The number of hydrogen-bond donors (Lipinski definition) is 1. The van der Waals surface area contributed by atoms with Gasteiger partial charge in [-0.1, -0.05) is 23.7 Å². The van der Waals surface area contributed by atoms with E-state index in [-0.39, 0.29) is 40.8 Å². The first-order valence-corrected chi connectivity index (χ1v) is 18.7. The van der Waals surface area contributed by atoms with Gasteiger partial charge >= 0.3 is 5.97 Å². The first kappa shape index (κ1) is 31.6. The predicted molar refractivity (Wildman–Crippen MR) is 178 cm³/mol. The van der Waals surface area contributed by atoms with Crippen molar-refractivity contribution in [2.45, 2.75) is 82.0 Å². The molecule has 2 heterocycles. The number of fused-ring (bicyclic) bond motifs is 4. The Bertz CT molecular complexity index is 1670. The van der Waals surface area contributed by atoms with Crippen LogP contribution >= 0.6 is 11.6 Å². The van der Waals surface area contributed by atoms with Crippen molar-refractivity contribution in [1.29, 1.82) is 0 Å². The lowest BCUT2D eigenvalue weighted by Crippen LogP contribution is -2.50. The molecule has 46 heavy (non-hydrogen) atoms. The molecule has 7 rings (SSSR count). The molecule has 6 atom stereocenters. The zero-order chi connectivity index (χ0) is 32.2. The van der Waals surface area contributed by atoms with Gasteiger partial charge in [-0.15, -0.1) is 0 Å². The zero-order valence-electron chi connectivity index (χ0n) is 26.5. The van der Waals surface area contributed by atoms with Crippen LogP contribution in [0.5, 0.6) is 5.75 Å². The number of ether oxygens (including phenoxy) is 2. The van der Waals surface area contributed by atoms with Crippen LogP contribution < -0.4 is 14.4 Å². The number of sulfonamides is 1. The minimum atomic E-state index is -3.96. The fraction of sp³-hybridized carbons (Fsp3) is 0.556. The number of amides is 1. The van der Waals surface area contributed by atoms with E-state index >= 15 is 0 Å². The van der Waals surface area contributed by atoms with E-state index in [0.29, 0.717) is 37.8 Å². The maximum Gasteiger partial charge on any atom is 0.303 e. The van der Waals surface area contributed by atoms with Crippen molar-refractivity contribution in [3.05, 3.63) is 70.3 Å². The molecule has 1 spiro atoms. The molecule has 1 amide bonds. The smallest absolute Gasteiger partial charge is 0.303 e. The van der Waals surface area contributed by atoms with Crippen LogP contribution in [0.3, 0.4) is 0 Å². The van der Waals surface area contributed by atoms with Crippen LogP contribution in [0.25, 0.3) is 0 Å².